The third-order valence-electron chi connectivity index (χ3n) is 4.23. The fourth-order valence-corrected chi connectivity index (χ4v) is 5.22. The minimum absolute atomic E-state index is 0.108. The zero-order chi connectivity index (χ0) is 18.7. The lowest BCUT2D eigenvalue weighted by molar-refractivity contribution is -0.115. The van der Waals surface area contributed by atoms with E-state index in [9.17, 15) is 13.2 Å². The first kappa shape index (κ1) is 18.8. The van der Waals surface area contributed by atoms with E-state index in [2.05, 4.69) is 5.32 Å². The van der Waals surface area contributed by atoms with Crippen LogP contribution in [-0.2, 0) is 14.8 Å². The van der Waals surface area contributed by atoms with Gasteiger partial charge in [0.2, 0.25) is 5.91 Å². The highest BCUT2D eigenvalue weighted by Crippen LogP contribution is 2.37. The first-order chi connectivity index (χ1) is 12.4. The molecule has 1 atom stereocenters. The molecular weight excluding hydrogens is 368 g/mol. The fourth-order valence-electron chi connectivity index (χ4n) is 2.76. The van der Waals surface area contributed by atoms with E-state index in [0.717, 1.165) is 17.7 Å². The molecule has 0 spiro atoms. The molecule has 0 bridgehead atoms. The van der Waals surface area contributed by atoms with E-state index >= 15 is 0 Å². The Kier molecular flexibility index (Phi) is 5.58. The topological polar surface area (TPSA) is 66.5 Å². The summed E-state index contributed by atoms with van der Waals surface area (Å²) in [5, 5.41) is 2.62. The molecule has 1 unspecified atom stereocenters. The van der Waals surface area contributed by atoms with Crippen molar-refractivity contribution in [2.75, 3.05) is 16.2 Å². The Labute approximate surface area is 158 Å². The summed E-state index contributed by atoms with van der Waals surface area (Å²) in [7, 11) is -3.72. The lowest BCUT2D eigenvalue weighted by Gasteiger charge is -2.26. The Hall–Kier alpha value is -1.99. The van der Waals surface area contributed by atoms with E-state index in [0.29, 0.717) is 17.9 Å². The molecule has 26 heavy (non-hydrogen) atoms. The number of unbranched alkanes of at least 4 members (excludes halogenated alkanes) is 1. The number of hydrogen-bond donors (Lipinski definition) is 1. The summed E-state index contributed by atoms with van der Waals surface area (Å²) in [6, 6.07) is 14.1. The average Bonchev–Trinajstić information content (AvgIpc) is 2.63. The van der Waals surface area contributed by atoms with Crippen LogP contribution in [0.5, 0.6) is 0 Å². The van der Waals surface area contributed by atoms with Crippen LogP contribution in [0.1, 0.15) is 26.7 Å². The van der Waals surface area contributed by atoms with Crippen LogP contribution in [0, 0.1) is 0 Å². The highest BCUT2D eigenvalue weighted by Gasteiger charge is 2.28. The van der Waals surface area contributed by atoms with E-state index in [1.165, 1.54) is 16.1 Å². The van der Waals surface area contributed by atoms with E-state index < -0.39 is 10.0 Å². The van der Waals surface area contributed by atoms with Crippen molar-refractivity contribution in [2.45, 2.75) is 41.7 Å². The molecule has 2 aromatic rings. The lowest BCUT2D eigenvalue weighted by atomic mass is 10.3. The maximum Gasteiger partial charge on any atom is 0.264 e. The summed E-state index contributed by atoms with van der Waals surface area (Å²) in [5.74, 6) is -0.108. The molecule has 1 aliphatic heterocycles. The zero-order valence-electron chi connectivity index (χ0n) is 14.8. The zero-order valence-corrected chi connectivity index (χ0v) is 16.4. The van der Waals surface area contributed by atoms with Crippen LogP contribution in [0.2, 0.25) is 0 Å². The summed E-state index contributed by atoms with van der Waals surface area (Å²) >= 11 is 1.44. The molecule has 2 aromatic carbocycles. The van der Waals surface area contributed by atoms with Gasteiger partial charge < -0.3 is 5.32 Å². The number of thioether (sulfide) groups is 1. The predicted molar refractivity (Wildman–Crippen MR) is 106 cm³/mol. The van der Waals surface area contributed by atoms with Gasteiger partial charge in [-0.2, -0.15) is 0 Å². The minimum atomic E-state index is -3.72. The van der Waals surface area contributed by atoms with Crippen LogP contribution in [0.25, 0.3) is 0 Å². The van der Waals surface area contributed by atoms with Crippen molar-refractivity contribution in [3.05, 3.63) is 48.5 Å². The van der Waals surface area contributed by atoms with Crippen molar-refractivity contribution < 1.29 is 13.2 Å². The molecule has 1 amide bonds. The third kappa shape index (κ3) is 3.73. The number of nitrogens with one attached hydrogen (secondary N) is 1. The second kappa shape index (κ2) is 7.72. The van der Waals surface area contributed by atoms with Crippen LogP contribution in [0.4, 0.5) is 11.4 Å². The Morgan fingerprint density at radius 1 is 1.15 bits per heavy atom. The highest BCUT2D eigenvalue weighted by molar-refractivity contribution is 8.01. The van der Waals surface area contributed by atoms with Gasteiger partial charge in [0.25, 0.3) is 10.0 Å². The number of anilines is 2. The van der Waals surface area contributed by atoms with Crippen LogP contribution in [0.15, 0.2) is 58.3 Å². The Morgan fingerprint density at radius 3 is 2.58 bits per heavy atom. The number of carbonyl (C=O) groups excluding carboxylic acids is 1. The Morgan fingerprint density at radius 2 is 1.88 bits per heavy atom. The summed E-state index contributed by atoms with van der Waals surface area (Å²) in [5.41, 5.74) is 1.20. The predicted octanol–water partition coefficient (Wildman–Crippen LogP) is 4.11. The monoisotopic (exact) mass is 390 g/mol. The molecule has 1 N–H and O–H groups in total. The summed E-state index contributed by atoms with van der Waals surface area (Å²) in [6.07, 6.45) is 1.66. The normalized spacial score (nSPS) is 16.7. The number of fused-ring (bicyclic) bond motifs is 1. The quantitative estimate of drug-likeness (QED) is 0.806. The molecule has 0 radical (unpaired) electrons. The summed E-state index contributed by atoms with van der Waals surface area (Å²) in [4.78, 5) is 13.0. The fraction of sp³-hybridized carbons (Fsp3) is 0.316. The first-order valence-electron chi connectivity index (χ1n) is 8.63. The molecule has 0 saturated heterocycles. The number of nitrogens with zero attached hydrogens (tertiary/aromatic N) is 1. The maximum atomic E-state index is 13.3. The lowest BCUT2D eigenvalue weighted by Crippen LogP contribution is -2.32. The van der Waals surface area contributed by atoms with E-state index in [1.807, 2.05) is 32.0 Å². The van der Waals surface area contributed by atoms with Crippen molar-refractivity contribution in [2.24, 2.45) is 0 Å². The third-order valence-corrected chi connectivity index (χ3v) is 7.23. The van der Waals surface area contributed by atoms with Crippen molar-refractivity contribution in [1.29, 1.82) is 0 Å². The Balaban J connectivity index is 2.00. The van der Waals surface area contributed by atoms with Gasteiger partial charge in [-0.15, -0.1) is 11.8 Å². The SMILES string of the molecule is CCCCN(c1ccccc1)S(=O)(=O)c1ccc2c(c1)NC(=O)C(C)S2. The molecule has 5 nitrogen and oxygen atoms in total. The van der Waals surface area contributed by atoms with E-state index in [4.69, 9.17) is 0 Å². The van der Waals surface area contributed by atoms with Gasteiger partial charge in [-0.1, -0.05) is 31.5 Å². The van der Waals surface area contributed by atoms with Crippen molar-refractivity contribution in [1.82, 2.24) is 0 Å². The Bertz CT molecular complexity index is 898. The number of amides is 1. The molecule has 0 aromatic heterocycles. The van der Waals surface area contributed by atoms with Gasteiger partial charge >= 0.3 is 0 Å². The molecular formula is C19H22N2O3S2. The van der Waals surface area contributed by atoms with Gasteiger partial charge in [0.1, 0.15) is 0 Å². The van der Waals surface area contributed by atoms with Crippen molar-refractivity contribution in [3.63, 3.8) is 0 Å². The standard InChI is InChI=1S/C19H22N2O3S2/c1-3-4-12-21(15-8-6-5-7-9-15)26(23,24)16-10-11-18-17(13-16)20-19(22)14(2)25-18/h5-11,13-14H,3-4,12H2,1-2H3,(H,20,22). The maximum absolute atomic E-state index is 13.3. The minimum Gasteiger partial charge on any atom is -0.324 e. The van der Waals surface area contributed by atoms with Crippen molar-refractivity contribution in [3.8, 4) is 0 Å². The second-order valence-corrected chi connectivity index (χ2v) is 9.42. The summed E-state index contributed by atoms with van der Waals surface area (Å²) < 4.78 is 28.0. The first-order valence-corrected chi connectivity index (χ1v) is 10.9. The number of carbonyl (C=O) groups is 1. The van der Waals surface area contributed by atoms with Gasteiger partial charge in [-0.3, -0.25) is 9.10 Å². The van der Waals surface area contributed by atoms with Gasteiger partial charge in [0.15, 0.2) is 0 Å². The van der Waals surface area contributed by atoms with Gasteiger partial charge in [0.05, 0.1) is 21.5 Å². The highest BCUT2D eigenvalue weighted by atomic mass is 32.2. The van der Waals surface area contributed by atoms with Crippen LogP contribution in [-0.4, -0.2) is 26.1 Å². The molecule has 138 valence electrons. The number of benzene rings is 2. The second-order valence-electron chi connectivity index (χ2n) is 6.17. The van der Waals surface area contributed by atoms with Gasteiger partial charge in [-0.25, -0.2) is 8.42 Å². The molecule has 1 aliphatic rings. The van der Waals surface area contributed by atoms with Crippen LogP contribution < -0.4 is 9.62 Å². The largest absolute Gasteiger partial charge is 0.324 e. The molecule has 0 saturated carbocycles. The van der Waals surface area contributed by atoms with Gasteiger partial charge in [-0.05, 0) is 43.7 Å². The molecule has 7 heteroatoms. The number of sulfonamides is 1. The van der Waals surface area contributed by atoms with E-state index in [1.54, 1.807) is 30.3 Å². The molecule has 0 fully saturated rings. The van der Waals surface area contributed by atoms with Crippen LogP contribution in [0.3, 0.4) is 0 Å². The number of rotatable bonds is 6. The summed E-state index contributed by atoms with van der Waals surface area (Å²) in [6.45, 7) is 4.27. The van der Waals surface area contributed by atoms with Gasteiger partial charge in [0, 0.05) is 11.4 Å². The number of para-hydroxylation sites is 1. The van der Waals surface area contributed by atoms with E-state index in [-0.39, 0.29) is 16.1 Å². The molecule has 3 rings (SSSR count). The molecule has 0 aliphatic carbocycles. The smallest absolute Gasteiger partial charge is 0.264 e. The average molecular weight is 391 g/mol. The van der Waals surface area contributed by atoms with Crippen molar-refractivity contribution >= 4 is 39.1 Å². The molecule has 1 heterocycles. The number of hydrogen-bond acceptors (Lipinski definition) is 4. The van der Waals surface area contributed by atoms with Crippen LogP contribution >= 0.6 is 11.8 Å².